The van der Waals surface area contributed by atoms with E-state index in [1.165, 1.54) is 0 Å². The standard InChI is InChI=1S/C26H26Cl2GeN2O2/c1-15-11-17(3)25-21(13-15)19(5)30-23-9-7-8-10-24(23)31-20(6)22-14-16(2)12-18(4)26(22)33-29(27,28)32-25/h7-14H,1-6H3. The van der Waals surface area contributed by atoms with Gasteiger partial charge in [0.1, 0.15) is 0 Å². The van der Waals surface area contributed by atoms with E-state index < -0.39 is 12.1 Å². The molecule has 0 radical (unpaired) electrons. The summed E-state index contributed by atoms with van der Waals surface area (Å²) < 4.78 is 12.6. The van der Waals surface area contributed by atoms with Crippen molar-refractivity contribution in [3.63, 3.8) is 0 Å². The molecule has 3 aromatic rings. The van der Waals surface area contributed by atoms with Crippen LogP contribution in [-0.2, 0) is 0 Å². The molecular formula is C26H26Cl2GeN2O2. The van der Waals surface area contributed by atoms with E-state index in [4.69, 9.17) is 37.5 Å². The molecule has 0 aliphatic carbocycles. The Morgan fingerprint density at radius 1 is 0.636 bits per heavy atom. The zero-order valence-electron chi connectivity index (χ0n) is 19.6. The molecule has 4 nitrogen and oxygen atoms in total. The van der Waals surface area contributed by atoms with Gasteiger partial charge in [-0.25, -0.2) is 0 Å². The summed E-state index contributed by atoms with van der Waals surface area (Å²) >= 11 is -4.29. The van der Waals surface area contributed by atoms with Gasteiger partial charge in [0.25, 0.3) is 0 Å². The number of benzene rings is 3. The second-order valence-electron chi connectivity index (χ2n) is 8.47. The molecule has 7 heteroatoms. The Bertz CT molecular complexity index is 1220. The van der Waals surface area contributed by atoms with Gasteiger partial charge in [-0.15, -0.1) is 0 Å². The number of rotatable bonds is 0. The van der Waals surface area contributed by atoms with Gasteiger partial charge in [-0.1, -0.05) is 0 Å². The van der Waals surface area contributed by atoms with Crippen molar-refractivity contribution in [1.82, 2.24) is 0 Å². The number of para-hydroxylation sites is 2. The Kier molecular flexibility index (Phi) is 6.63. The van der Waals surface area contributed by atoms with E-state index in [2.05, 4.69) is 0 Å². The van der Waals surface area contributed by atoms with E-state index in [9.17, 15) is 0 Å². The van der Waals surface area contributed by atoms with E-state index in [1.54, 1.807) is 0 Å². The molecule has 0 saturated heterocycles. The van der Waals surface area contributed by atoms with Crippen LogP contribution in [0.25, 0.3) is 0 Å². The monoisotopic (exact) mass is 542 g/mol. The van der Waals surface area contributed by atoms with Crippen molar-refractivity contribution in [3.8, 4) is 11.5 Å². The van der Waals surface area contributed by atoms with E-state index in [0.29, 0.717) is 11.5 Å². The fourth-order valence-corrected chi connectivity index (χ4v) is 7.94. The second-order valence-corrected chi connectivity index (χ2v) is 17.4. The van der Waals surface area contributed by atoms with Crippen molar-refractivity contribution in [2.45, 2.75) is 41.5 Å². The molecule has 0 N–H and O–H groups in total. The van der Waals surface area contributed by atoms with Gasteiger partial charge in [0.15, 0.2) is 0 Å². The predicted octanol–water partition coefficient (Wildman–Crippen LogP) is 7.89. The van der Waals surface area contributed by atoms with Crippen LogP contribution in [0.4, 0.5) is 11.4 Å². The van der Waals surface area contributed by atoms with E-state index in [-0.39, 0.29) is 0 Å². The van der Waals surface area contributed by atoms with Crippen molar-refractivity contribution in [2.24, 2.45) is 9.98 Å². The molecule has 3 aromatic carbocycles. The normalized spacial score (nSPS) is 15.2. The Hall–Kier alpha value is -2.28. The first-order valence-electron chi connectivity index (χ1n) is 10.7. The summed E-state index contributed by atoms with van der Waals surface area (Å²) in [4.78, 5) is 9.85. The number of aryl methyl sites for hydroxylation is 4. The minimum atomic E-state index is -4.29. The topological polar surface area (TPSA) is 43.2 Å². The van der Waals surface area contributed by atoms with Crippen LogP contribution >= 0.6 is 20.0 Å². The van der Waals surface area contributed by atoms with Crippen molar-refractivity contribution in [3.05, 3.63) is 81.9 Å². The molecule has 1 aliphatic rings. The van der Waals surface area contributed by atoms with Gasteiger partial charge >= 0.3 is 207 Å². The Morgan fingerprint density at radius 3 is 1.42 bits per heavy atom. The third kappa shape index (κ3) is 5.13. The number of halogens is 2. The molecule has 0 unspecified atom stereocenters. The van der Waals surface area contributed by atoms with Crippen molar-refractivity contribution in [1.29, 1.82) is 0 Å². The van der Waals surface area contributed by atoms with Crippen LogP contribution in [-0.4, -0.2) is 23.5 Å². The van der Waals surface area contributed by atoms with Crippen LogP contribution in [0.2, 0.25) is 0 Å². The summed E-state index contributed by atoms with van der Waals surface area (Å²) in [5.41, 5.74) is 8.83. The maximum absolute atomic E-state index is 6.80. The van der Waals surface area contributed by atoms with Gasteiger partial charge in [-0.05, 0) is 0 Å². The van der Waals surface area contributed by atoms with Crippen molar-refractivity contribution < 1.29 is 7.53 Å². The third-order valence-corrected chi connectivity index (χ3v) is 8.97. The second kappa shape index (κ2) is 9.17. The number of aliphatic imine (C=N–C) groups is 2. The molecule has 0 saturated carbocycles. The number of hydrogen-bond donors (Lipinski definition) is 0. The Balaban J connectivity index is 2.05. The molecule has 0 bridgehead atoms. The summed E-state index contributed by atoms with van der Waals surface area (Å²) in [5.74, 6) is 1.21. The molecule has 33 heavy (non-hydrogen) atoms. The van der Waals surface area contributed by atoms with Gasteiger partial charge in [0.2, 0.25) is 0 Å². The zero-order valence-corrected chi connectivity index (χ0v) is 23.2. The molecule has 1 heterocycles. The average Bonchev–Trinajstić information content (AvgIpc) is 2.72. The quantitative estimate of drug-likeness (QED) is 0.272. The zero-order chi connectivity index (χ0) is 23.9. The van der Waals surface area contributed by atoms with E-state index in [0.717, 1.165) is 56.2 Å². The molecule has 1 aliphatic heterocycles. The summed E-state index contributed by atoms with van der Waals surface area (Å²) in [7, 11) is 13.6. The maximum atomic E-state index is 6.80. The van der Waals surface area contributed by atoms with Gasteiger partial charge < -0.3 is 0 Å². The van der Waals surface area contributed by atoms with E-state index in [1.807, 2.05) is 90.1 Å². The Labute approximate surface area is 206 Å². The van der Waals surface area contributed by atoms with Crippen LogP contribution in [0.1, 0.15) is 47.2 Å². The molecular weight excluding hydrogens is 516 g/mol. The van der Waals surface area contributed by atoms with Crippen LogP contribution < -0.4 is 7.53 Å². The number of fused-ring (bicyclic) bond motifs is 3. The molecule has 0 spiro atoms. The number of nitrogens with zero attached hydrogens (tertiary/aromatic N) is 2. The van der Waals surface area contributed by atoms with Gasteiger partial charge in [-0.2, -0.15) is 0 Å². The molecule has 0 fully saturated rings. The number of hydrogen-bond acceptors (Lipinski definition) is 4. The molecule has 170 valence electrons. The fraction of sp³-hybridized carbons (Fsp3) is 0.231. The van der Waals surface area contributed by atoms with Crippen molar-refractivity contribution >= 4 is 54.9 Å². The predicted molar refractivity (Wildman–Crippen MR) is 141 cm³/mol. The average molecular weight is 542 g/mol. The Morgan fingerprint density at radius 2 is 1.03 bits per heavy atom. The minimum absolute atomic E-state index is 0.604. The summed E-state index contributed by atoms with van der Waals surface area (Å²) in [6.45, 7) is 11.9. The first-order chi connectivity index (χ1) is 15.5. The molecule has 0 amide bonds. The van der Waals surface area contributed by atoms with Gasteiger partial charge in [-0.3, -0.25) is 0 Å². The van der Waals surface area contributed by atoms with Crippen LogP contribution in [0, 0.1) is 27.7 Å². The van der Waals surface area contributed by atoms with E-state index >= 15 is 0 Å². The molecule has 0 aromatic heterocycles. The third-order valence-electron chi connectivity index (χ3n) is 5.52. The van der Waals surface area contributed by atoms with Crippen LogP contribution in [0.15, 0.2) is 58.5 Å². The van der Waals surface area contributed by atoms with Crippen molar-refractivity contribution in [2.75, 3.05) is 0 Å². The molecule has 0 atom stereocenters. The SMILES string of the molecule is CC1=Nc2ccccc2N=C(C)c2cc(C)cc(C)c2[O][Ge]([Cl])([Cl])[O]c2c(C)cc(C)cc21. The molecule has 4 rings (SSSR count). The summed E-state index contributed by atoms with van der Waals surface area (Å²) in [5, 5.41) is 0. The summed E-state index contributed by atoms with van der Waals surface area (Å²) in [6.07, 6.45) is 0. The first-order valence-corrected chi connectivity index (χ1v) is 18.0. The summed E-state index contributed by atoms with van der Waals surface area (Å²) in [6, 6.07) is 16.0. The van der Waals surface area contributed by atoms with Crippen LogP contribution in [0.3, 0.4) is 0 Å². The van der Waals surface area contributed by atoms with Crippen LogP contribution in [0.5, 0.6) is 11.5 Å². The van der Waals surface area contributed by atoms with Gasteiger partial charge in [0, 0.05) is 0 Å². The fourth-order valence-electron chi connectivity index (χ4n) is 4.11. The van der Waals surface area contributed by atoms with Gasteiger partial charge in [0.05, 0.1) is 0 Å². The first kappa shape index (κ1) is 23.9.